The standard InChI is InChI=1S/C7H9N3.CH4O3S/c1-2-9-7(10-3-1)6-4-8-5-6;1-5(2,3)4/h1-3,6,8H,4-5H2;1H3,(H,2,3,4). The minimum Gasteiger partial charge on any atom is -0.315 e. The summed E-state index contributed by atoms with van der Waals surface area (Å²) in [4.78, 5) is 8.30. The molecule has 2 N–H and O–H groups in total. The highest BCUT2D eigenvalue weighted by atomic mass is 32.2. The largest absolute Gasteiger partial charge is 0.315 e. The van der Waals surface area contributed by atoms with Crippen molar-refractivity contribution in [2.45, 2.75) is 5.92 Å². The Hall–Kier alpha value is -1.05. The molecule has 15 heavy (non-hydrogen) atoms. The van der Waals surface area contributed by atoms with E-state index in [0.29, 0.717) is 12.2 Å². The Morgan fingerprint density at radius 3 is 2.20 bits per heavy atom. The number of nitrogens with one attached hydrogen (secondary N) is 1. The highest BCUT2D eigenvalue weighted by molar-refractivity contribution is 7.85. The molecule has 0 radical (unpaired) electrons. The van der Waals surface area contributed by atoms with Crippen LogP contribution in [0.4, 0.5) is 0 Å². The van der Waals surface area contributed by atoms with Gasteiger partial charge in [0.1, 0.15) is 5.82 Å². The predicted octanol–water partition coefficient (Wildman–Crippen LogP) is -0.333. The first kappa shape index (κ1) is 12.0. The second-order valence-electron chi connectivity index (χ2n) is 3.20. The number of hydrogen-bond acceptors (Lipinski definition) is 5. The maximum absolute atomic E-state index is 9.19. The predicted molar refractivity (Wildman–Crippen MR) is 55.1 cm³/mol. The van der Waals surface area contributed by atoms with Gasteiger partial charge in [-0.3, -0.25) is 4.55 Å². The molecule has 0 aromatic carbocycles. The van der Waals surface area contributed by atoms with Crippen molar-refractivity contribution in [1.29, 1.82) is 0 Å². The SMILES string of the molecule is CS(=O)(=O)O.c1cnc(C2CNC2)nc1. The lowest BCUT2D eigenvalue weighted by Gasteiger charge is -2.24. The summed E-state index contributed by atoms with van der Waals surface area (Å²) in [5.41, 5.74) is 0. The fourth-order valence-corrected chi connectivity index (χ4v) is 0.993. The van der Waals surface area contributed by atoms with E-state index in [-0.39, 0.29) is 0 Å². The Morgan fingerprint density at radius 1 is 1.40 bits per heavy atom. The molecule has 0 spiro atoms. The minimum atomic E-state index is -3.67. The lowest BCUT2D eigenvalue weighted by Crippen LogP contribution is -2.40. The van der Waals surface area contributed by atoms with Gasteiger partial charge in [-0.2, -0.15) is 8.42 Å². The average Bonchev–Trinajstić information content (AvgIpc) is 1.99. The number of hydrogen-bond donors (Lipinski definition) is 2. The molecule has 0 saturated carbocycles. The normalized spacial score (nSPS) is 16.1. The van der Waals surface area contributed by atoms with Crippen LogP contribution in [0.3, 0.4) is 0 Å². The Labute approximate surface area is 88.5 Å². The average molecular weight is 231 g/mol. The molecule has 0 atom stereocenters. The van der Waals surface area contributed by atoms with E-state index in [0.717, 1.165) is 18.9 Å². The maximum Gasteiger partial charge on any atom is 0.261 e. The fraction of sp³-hybridized carbons (Fsp3) is 0.500. The van der Waals surface area contributed by atoms with Gasteiger partial charge in [0.25, 0.3) is 10.1 Å². The van der Waals surface area contributed by atoms with Gasteiger partial charge in [0.05, 0.1) is 6.26 Å². The molecule has 84 valence electrons. The van der Waals surface area contributed by atoms with E-state index in [4.69, 9.17) is 4.55 Å². The van der Waals surface area contributed by atoms with Gasteiger partial charge in [0, 0.05) is 31.4 Å². The summed E-state index contributed by atoms with van der Waals surface area (Å²) in [6.07, 6.45) is 4.30. The molecule has 1 saturated heterocycles. The van der Waals surface area contributed by atoms with Crippen molar-refractivity contribution in [3.63, 3.8) is 0 Å². The highest BCUT2D eigenvalue weighted by Crippen LogP contribution is 2.13. The van der Waals surface area contributed by atoms with Crippen molar-refractivity contribution in [3.8, 4) is 0 Å². The minimum absolute atomic E-state index is 0.557. The van der Waals surface area contributed by atoms with Crippen molar-refractivity contribution in [2.24, 2.45) is 0 Å². The summed E-state index contributed by atoms with van der Waals surface area (Å²) >= 11 is 0. The molecule has 1 aromatic heterocycles. The first-order chi connectivity index (χ1) is 6.97. The zero-order valence-corrected chi connectivity index (χ0v) is 9.11. The summed E-state index contributed by atoms with van der Waals surface area (Å²) < 4.78 is 25.9. The van der Waals surface area contributed by atoms with Crippen LogP contribution in [0.1, 0.15) is 11.7 Å². The second kappa shape index (κ2) is 5.15. The maximum atomic E-state index is 9.19. The highest BCUT2D eigenvalue weighted by Gasteiger charge is 2.20. The van der Waals surface area contributed by atoms with Gasteiger partial charge >= 0.3 is 0 Å². The molecule has 0 bridgehead atoms. The van der Waals surface area contributed by atoms with Gasteiger partial charge in [-0.15, -0.1) is 0 Å². The van der Waals surface area contributed by atoms with Crippen LogP contribution in [0, 0.1) is 0 Å². The van der Waals surface area contributed by atoms with Crippen LogP contribution < -0.4 is 5.32 Å². The molecule has 1 aromatic rings. The first-order valence-electron chi connectivity index (χ1n) is 4.37. The third-order valence-corrected chi connectivity index (χ3v) is 1.73. The molecule has 1 aliphatic rings. The van der Waals surface area contributed by atoms with E-state index >= 15 is 0 Å². The topological polar surface area (TPSA) is 92.2 Å². The zero-order chi connectivity index (χ0) is 11.3. The fourth-order valence-electron chi connectivity index (χ4n) is 0.993. The molecule has 6 nitrogen and oxygen atoms in total. The second-order valence-corrected chi connectivity index (χ2v) is 4.66. The number of aromatic nitrogens is 2. The van der Waals surface area contributed by atoms with Gasteiger partial charge in [-0.25, -0.2) is 9.97 Å². The van der Waals surface area contributed by atoms with Crippen LogP contribution in [0.2, 0.25) is 0 Å². The monoisotopic (exact) mass is 231 g/mol. The van der Waals surface area contributed by atoms with Crippen molar-refractivity contribution in [3.05, 3.63) is 24.3 Å². The Morgan fingerprint density at radius 2 is 1.87 bits per heavy atom. The Bertz CT molecular complexity index is 381. The van der Waals surface area contributed by atoms with Gasteiger partial charge in [-0.05, 0) is 6.07 Å². The van der Waals surface area contributed by atoms with E-state index < -0.39 is 10.1 Å². The molecule has 2 rings (SSSR count). The van der Waals surface area contributed by atoms with Crippen LogP contribution in [-0.2, 0) is 10.1 Å². The summed E-state index contributed by atoms with van der Waals surface area (Å²) in [5, 5.41) is 3.18. The molecular weight excluding hydrogens is 218 g/mol. The summed E-state index contributed by atoms with van der Waals surface area (Å²) in [6, 6.07) is 1.84. The molecule has 1 fully saturated rings. The van der Waals surface area contributed by atoms with Crippen LogP contribution in [0.5, 0.6) is 0 Å². The summed E-state index contributed by atoms with van der Waals surface area (Å²) in [6.45, 7) is 2.06. The molecule has 0 aliphatic carbocycles. The molecule has 0 unspecified atom stereocenters. The van der Waals surface area contributed by atoms with Gasteiger partial charge in [0.15, 0.2) is 0 Å². The lowest BCUT2D eigenvalue weighted by molar-refractivity contribution is 0.430. The van der Waals surface area contributed by atoms with Crippen molar-refractivity contribution in [1.82, 2.24) is 15.3 Å². The molecule has 0 amide bonds. The van der Waals surface area contributed by atoms with Crippen LogP contribution in [0.25, 0.3) is 0 Å². The van der Waals surface area contributed by atoms with E-state index in [2.05, 4.69) is 15.3 Å². The third kappa shape index (κ3) is 5.40. The Kier molecular flexibility index (Phi) is 4.13. The Balaban J connectivity index is 0.000000195. The van der Waals surface area contributed by atoms with Gasteiger partial charge in [-0.1, -0.05) is 0 Å². The van der Waals surface area contributed by atoms with Crippen molar-refractivity contribution < 1.29 is 13.0 Å². The summed E-state index contributed by atoms with van der Waals surface area (Å²) in [7, 11) is -3.67. The van der Waals surface area contributed by atoms with Crippen molar-refractivity contribution >= 4 is 10.1 Å². The van der Waals surface area contributed by atoms with Crippen LogP contribution >= 0.6 is 0 Å². The smallest absolute Gasteiger partial charge is 0.261 e. The van der Waals surface area contributed by atoms with Crippen LogP contribution in [0.15, 0.2) is 18.5 Å². The molecular formula is C8H13N3O3S. The molecule has 7 heteroatoms. The quantitative estimate of drug-likeness (QED) is 0.643. The molecule has 2 heterocycles. The third-order valence-electron chi connectivity index (χ3n) is 1.73. The first-order valence-corrected chi connectivity index (χ1v) is 6.22. The van der Waals surface area contributed by atoms with E-state index in [1.165, 1.54) is 0 Å². The van der Waals surface area contributed by atoms with Crippen molar-refractivity contribution in [2.75, 3.05) is 19.3 Å². The number of rotatable bonds is 1. The van der Waals surface area contributed by atoms with Gasteiger partial charge < -0.3 is 5.32 Å². The lowest BCUT2D eigenvalue weighted by atomic mass is 10.0. The van der Waals surface area contributed by atoms with E-state index in [1.807, 2.05) is 6.07 Å². The van der Waals surface area contributed by atoms with E-state index in [9.17, 15) is 8.42 Å². The summed E-state index contributed by atoms with van der Waals surface area (Å²) in [5.74, 6) is 1.53. The van der Waals surface area contributed by atoms with Crippen LogP contribution in [-0.4, -0.2) is 42.3 Å². The van der Waals surface area contributed by atoms with E-state index in [1.54, 1.807) is 12.4 Å². The van der Waals surface area contributed by atoms with Gasteiger partial charge in [0.2, 0.25) is 0 Å². The number of nitrogens with zero attached hydrogens (tertiary/aromatic N) is 2. The zero-order valence-electron chi connectivity index (χ0n) is 8.29. The molecule has 1 aliphatic heterocycles.